The van der Waals surface area contributed by atoms with Crippen molar-refractivity contribution in [2.75, 3.05) is 6.54 Å². The fourth-order valence-corrected chi connectivity index (χ4v) is 4.32. The van der Waals surface area contributed by atoms with E-state index in [-0.39, 0.29) is 12.6 Å². The van der Waals surface area contributed by atoms with Crippen LogP contribution in [0.5, 0.6) is 0 Å². The molecule has 8 heteroatoms. The maximum Gasteiger partial charge on any atom is 0.431 e. The van der Waals surface area contributed by atoms with Gasteiger partial charge < -0.3 is 4.57 Å². The SMILES string of the molecule is CCc1ncc(CN2CCC[C@H]2Cn2c(C(F)(F)F)cc(=O)c3cc(C)ccc32)cn1. The van der Waals surface area contributed by atoms with Crippen molar-refractivity contribution in [2.45, 2.75) is 58.4 Å². The molecule has 164 valence electrons. The summed E-state index contributed by atoms with van der Waals surface area (Å²) in [5.74, 6) is 0.770. The van der Waals surface area contributed by atoms with Crippen molar-refractivity contribution in [3.05, 3.63) is 69.5 Å². The van der Waals surface area contributed by atoms with Crippen LogP contribution in [0.15, 0.2) is 41.5 Å². The smallest absolute Gasteiger partial charge is 0.335 e. The Morgan fingerprint density at radius 1 is 1.16 bits per heavy atom. The van der Waals surface area contributed by atoms with Gasteiger partial charge in [0.25, 0.3) is 0 Å². The van der Waals surface area contributed by atoms with Crippen LogP contribution < -0.4 is 5.43 Å². The van der Waals surface area contributed by atoms with E-state index in [1.54, 1.807) is 30.6 Å². The molecule has 1 aliphatic rings. The molecule has 0 spiro atoms. The monoisotopic (exact) mass is 430 g/mol. The molecule has 0 bridgehead atoms. The van der Waals surface area contributed by atoms with Crippen molar-refractivity contribution in [1.29, 1.82) is 0 Å². The van der Waals surface area contributed by atoms with Gasteiger partial charge >= 0.3 is 6.18 Å². The predicted molar refractivity (Wildman–Crippen MR) is 113 cm³/mol. The van der Waals surface area contributed by atoms with Gasteiger partial charge in [-0.25, -0.2) is 9.97 Å². The van der Waals surface area contributed by atoms with E-state index in [1.165, 1.54) is 4.57 Å². The fraction of sp³-hybridized carbons (Fsp3) is 0.435. The van der Waals surface area contributed by atoms with Crippen LogP contribution in [-0.2, 0) is 25.7 Å². The maximum absolute atomic E-state index is 13.8. The number of nitrogens with zero attached hydrogens (tertiary/aromatic N) is 4. The van der Waals surface area contributed by atoms with Crippen molar-refractivity contribution in [2.24, 2.45) is 0 Å². The number of rotatable bonds is 5. The molecule has 3 heterocycles. The maximum atomic E-state index is 13.8. The van der Waals surface area contributed by atoms with E-state index in [4.69, 9.17) is 0 Å². The molecule has 0 amide bonds. The largest absolute Gasteiger partial charge is 0.431 e. The first kappa shape index (κ1) is 21.5. The second kappa shape index (κ2) is 8.42. The molecule has 1 aromatic carbocycles. The minimum atomic E-state index is -4.61. The van der Waals surface area contributed by atoms with Gasteiger partial charge in [-0.2, -0.15) is 13.2 Å². The second-order valence-corrected chi connectivity index (χ2v) is 8.15. The average molecular weight is 430 g/mol. The Hall–Kier alpha value is -2.74. The molecule has 0 saturated carbocycles. The van der Waals surface area contributed by atoms with E-state index in [2.05, 4.69) is 14.9 Å². The summed E-state index contributed by atoms with van der Waals surface area (Å²) in [7, 11) is 0. The van der Waals surface area contributed by atoms with Gasteiger partial charge in [0.05, 0.1) is 5.52 Å². The number of halogens is 3. The number of hydrogen-bond acceptors (Lipinski definition) is 4. The van der Waals surface area contributed by atoms with E-state index in [0.29, 0.717) is 17.4 Å². The van der Waals surface area contributed by atoms with Gasteiger partial charge in [-0.05, 0) is 38.4 Å². The molecule has 1 atom stereocenters. The number of alkyl halides is 3. The summed E-state index contributed by atoms with van der Waals surface area (Å²) in [5, 5.41) is 0.320. The Bertz CT molecular complexity index is 1140. The summed E-state index contributed by atoms with van der Waals surface area (Å²) in [6.45, 7) is 5.38. The van der Waals surface area contributed by atoms with Crippen LogP contribution in [0, 0.1) is 6.92 Å². The summed E-state index contributed by atoms with van der Waals surface area (Å²) in [6, 6.07) is 5.69. The molecule has 0 radical (unpaired) electrons. The second-order valence-electron chi connectivity index (χ2n) is 8.15. The third-order valence-corrected chi connectivity index (χ3v) is 5.91. The average Bonchev–Trinajstić information content (AvgIpc) is 3.16. The van der Waals surface area contributed by atoms with E-state index in [1.807, 2.05) is 13.8 Å². The number of aryl methyl sites for hydroxylation is 2. The molecule has 1 saturated heterocycles. The lowest BCUT2D eigenvalue weighted by Crippen LogP contribution is -2.35. The number of pyridine rings is 1. The molecular formula is C23H25F3N4O. The Balaban J connectivity index is 1.69. The van der Waals surface area contributed by atoms with E-state index >= 15 is 0 Å². The zero-order valence-electron chi connectivity index (χ0n) is 17.6. The summed E-state index contributed by atoms with van der Waals surface area (Å²) in [4.78, 5) is 23.2. The number of likely N-dealkylation sites (tertiary alicyclic amines) is 1. The first-order valence-electron chi connectivity index (χ1n) is 10.5. The van der Waals surface area contributed by atoms with Crippen molar-refractivity contribution < 1.29 is 13.2 Å². The van der Waals surface area contributed by atoms with E-state index in [9.17, 15) is 18.0 Å². The van der Waals surface area contributed by atoms with E-state index in [0.717, 1.165) is 48.8 Å². The standard InChI is InChI=1S/C23H25F3N4O/c1-3-22-27-11-16(12-28-22)13-29-8-4-5-17(29)14-30-19-7-6-15(2)9-18(19)20(31)10-21(30)23(24,25)26/h6-7,9-12,17H,3-5,8,13-14H2,1-2H3/t17-/m0/s1. The molecule has 0 N–H and O–H groups in total. The highest BCUT2D eigenvalue weighted by Crippen LogP contribution is 2.32. The summed E-state index contributed by atoms with van der Waals surface area (Å²) >= 11 is 0. The number of aromatic nitrogens is 3. The first-order valence-corrected chi connectivity index (χ1v) is 10.5. The quantitative estimate of drug-likeness (QED) is 0.604. The molecular weight excluding hydrogens is 405 g/mol. The van der Waals surface area contributed by atoms with E-state index < -0.39 is 17.3 Å². The highest BCUT2D eigenvalue weighted by molar-refractivity contribution is 5.80. The number of fused-ring (bicyclic) bond motifs is 1. The van der Waals surface area contributed by atoms with Gasteiger partial charge in [-0.3, -0.25) is 9.69 Å². The van der Waals surface area contributed by atoms with Crippen molar-refractivity contribution in [1.82, 2.24) is 19.4 Å². The molecule has 1 fully saturated rings. The fourth-order valence-electron chi connectivity index (χ4n) is 4.32. The van der Waals surface area contributed by atoms with Crippen LogP contribution in [0.25, 0.3) is 10.9 Å². The van der Waals surface area contributed by atoms with Crippen molar-refractivity contribution >= 4 is 10.9 Å². The Morgan fingerprint density at radius 2 is 1.90 bits per heavy atom. The van der Waals surface area contributed by atoms with Crippen molar-refractivity contribution in [3.8, 4) is 0 Å². The van der Waals surface area contributed by atoms with Gasteiger partial charge in [0.2, 0.25) is 0 Å². The van der Waals surface area contributed by atoms with Crippen LogP contribution in [0.4, 0.5) is 13.2 Å². The molecule has 3 aromatic rings. The highest BCUT2D eigenvalue weighted by atomic mass is 19.4. The lowest BCUT2D eigenvalue weighted by Gasteiger charge is -2.28. The van der Waals surface area contributed by atoms with Gasteiger partial charge in [0, 0.05) is 55.0 Å². The minimum Gasteiger partial charge on any atom is -0.335 e. The van der Waals surface area contributed by atoms with Crippen LogP contribution >= 0.6 is 0 Å². The Labute approximate surface area is 178 Å². The van der Waals surface area contributed by atoms with Gasteiger partial charge in [0.15, 0.2) is 5.43 Å². The predicted octanol–water partition coefficient (Wildman–Crippen LogP) is 4.35. The van der Waals surface area contributed by atoms with Crippen LogP contribution in [0.3, 0.4) is 0 Å². The Morgan fingerprint density at radius 3 is 2.58 bits per heavy atom. The zero-order valence-corrected chi connectivity index (χ0v) is 17.6. The zero-order chi connectivity index (χ0) is 22.2. The van der Waals surface area contributed by atoms with Gasteiger partial charge in [-0.15, -0.1) is 0 Å². The first-order chi connectivity index (χ1) is 14.8. The summed E-state index contributed by atoms with van der Waals surface area (Å²) in [5.41, 5.74) is 0.623. The third-order valence-electron chi connectivity index (χ3n) is 5.91. The molecule has 5 nitrogen and oxygen atoms in total. The molecule has 0 aliphatic carbocycles. The summed E-state index contributed by atoms with van der Waals surface area (Å²) < 4.78 is 42.8. The van der Waals surface area contributed by atoms with Gasteiger partial charge in [0.1, 0.15) is 11.5 Å². The lowest BCUT2D eigenvalue weighted by atomic mass is 10.1. The Kier molecular flexibility index (Phi) is 5.83. The normalized spacial score (nSPS) is 17.5. The van der Waals surface area contributed by atoms with Crippen LogP contribution in [0.2, 0.25) is 0 Å². The molecule has 1 aliphatic heterocycles. The highest BCUT2D eigenvalue weighted by Gasteiger charge is 2.36. The minimum absolute atomic E-state index is 0.0704. The van der Waals surface area contributed by atoms with Crippen LogP contribution in [-0.4, -0.2) is 32.0 Å². The molecule has 2 aromatic heterocycles. The van der Waals surface area contributed by atoms with Crippen molar-refractivity contribution in [3.63, 3.8) is 0 Å². The van der Waals surface area contributed by atoms with Gasteiger partial charge in [-0.1, -0.05) is 18.6 Å². The molecule has 31 heavy (non-hydrogen) atoms. The van der Waals surface area contributed by atoms with Crippen LogP contribution in [0.1, 0.15) is 42.4 Å². The number of benzene rings is 1. The number of hydrogen-bond donors (Lipinski definition) is 0. The third kappa shape index (κ3) is 4.49. The molecule has 4 rings (SSSR count). The molecule has 0 unspecified atom stereocenters. The lowest BCUT2D eigenvalue weighted by molar-refractivity contribution is -0.144. The topological polar surface area (TPSA) is 51.0 Å². The summed E-state index contributed by atoms with van der Waals surface area (Å²) in [6.07, 6.45) is 1.44.